The second-order valence-electron chi connectivity index (χ2n) is 8.68. The van der Waals surface area contributed by atoms with Gasteiger partial charge in [0.2, 0.25) is 0 Å². The molecule has 1 aromatic heterocycles. The number of nitrogens with one attached hydrogen (secondary N) is 1. The van der Waals surface area contributed by atoms with Crippen LogP contribution >= 0.6 is 0 Å². The van der Waals surface area contributed by atoms with Crippen LogP contribution in [-0.4, -0.2) is 25.5 Å². The topological polar surface area (TPSA) is 91.8 Å². The van der Waals surface area contributed by atoms with Crippen molar-refractivity contribution in [3.05, 3.63) is 93.5 Å². The van der Waals surface area contributed by atoms with Gasteiger partial charge in [-0.25, -0.2) is 0 Å². The fourth-order valence-electron chi connectivity index (χ4n) is 5.50. The molecule has 0 radical (unpaired) electrons. The molecule has 0 fully saturated rings. The minimum Gasteiger partial charge on any atom is -0.507 e. The molecular weight excluding hydrogens is 424 g/mol. The van der Waals surface area contributed by atoms with Crippen LogP contribution in [0.25, 0.3) is 65.5 Å². The van der Waals surface area contributed by atoms with Gasteiger partial charge in [0, 0.05) is 53.7 Å². The van der Waals surface area contributed by atoms with E-state index in [4.69, 9.17) is 0 Å². The number of hydrogen-bond acceptors (Lipinski definition) is 5. The summed E-state index contributed by atoms with van der Waals surface area (Å²) < 4.78 is 0. The van der Waals surface area contributed by atoms with Crippen molar-refractivity contribution < 1.29 is 5.11 Å². The molecule has 0 spiro atoms. The van der Waals surface area contributed by atoms with Gasteiger partial charge in [-0.05, 0) is 12.1 Å². The highest BCUT2D eigenvalue weighted by Crippen LogP contribution is 2.41. The standard InChI is InChI=1S/C28H14N4O2/c33-27-17-7-3-1-5-13(17)23-21-19(27)11-9-15(25(21)31-29-23)16-10-12-20-22-24(30-32-26(16)22)14-6-2-4-8-18(14)28(20)34/h1-12,33H,(H,29,31)/b16-15-. The van der Waals surface area contributed by atoms with Crippen LogP contribution in [0.1, 0.15) is 0 Å². The Morgan fingerprint density at radius 2 is 1.35 bits per heavy atom. The predicted octanol–water partition coefficient (Wildman–Crippen LogP) is 5.30. The molecule has 0 amide bonds. The smallest absolute Gasteiger partial charge is 0.194 e. The molecule has 6 nitrogen and oxygen atoms in total. The Hall–Kier alpha value is -4.84. The quantitative estimate of drug-likeness (QED) is 0.314. The van der Waals surface area contributed by atoms with Crippen molar-refractivity contribution >= 4 is 54.3 Å². The minimum absolute atomic E-state index is 0.00990. The molecule has 0 saturated carbocycles. The van der Waals surface area contributed by atoms with Crippen LogP contribution < -0.4 is 5.43 Å². The lowest BCUT2D eigenvalue weighted by Gasteiger charge is -2.08. The second kappa shape index (κ2) is 5.94. The number of fused-ring (bicyclic) bond motifs is 4. The molecular formula is C28H14N4O2. The van der Waals surface area contributed by atoms with Gasteiger partial charge >= 0.3 is 0 Å². The Labute approximate surface area is 190 Å². The van der Waals surface area contributed by atoms with Gasteiger partial charge in [0.25, 0.3) is 0 Å². The molecule has 34 heavy (non-hydrogen) atoms. The lowest BCUT2D eigenvalue weighted by Crippen LogP contribution is -2.04. The Kier molecular flexibility index (Phi) is 3.09. The molecule has 0 unspecified atom stereocenters. The molecule has 5 aromatic carbocycles. The highest BCUT2D eigenvalue weighted by molar-refractivity contribution is 6.22. The number of H-pyrrole nitrogens is 1. The van der Waals surface area contributed by atoms with Gasteiger partial charge in [-0.2, -0.15) is 5.10 Å². The summed E-state index contributed by atoms with van der Waals surface area (Å²) in [6, 6.07) is 22.9. The zero-order valence-electron chi connectivity index (χ0n) is 17.6. The number of phenols is 1. The summed E-state index contributed by atoms with van der Waals surface area (Å²) in [6.45, 7) is 0. The van der Waals surface area contributed by atoms with Crippen LogP contribution in [0.2, 0.25) is 0 Å². The van der Waals surface area contributed by atoms with Gasteiger partial charge in [0.05, 0.1) is 5.52 Å². The Morgan fingerprint density at radius 3 is 2.21 bits per heavy atom. The van der Waals surface area contributed by atoms with Gasteiger partial charge in [-0.3, -0.25) is 9.89 Å². The summed E-state index contributed by atoms with van der Waals surface area (Å²) in [4.78, 5) is 13.2. The lowest BCUT2D eigenvalue weighted by atomic mass is 9.94. The summed E-state index contributed by atoms with van der Waals surface area (Å²) in [5.41, 5.74) is 3.82. The zero-order valence-corrected chi connectivity index (χ0v) is 17.6. The van der Waals surface area contributed by atoms with E-state index < -0.39 is 0 Å². The SMILES string of the molecule is O=c1c2cc/c(=c3\ccc4c(O)c5ccccc5c5n[nH]c3c45)c3nnc(c4ccccc14)-c23. The monoisotopic (exact) mass is 438 g/mol. The average Bonchev–Trinajstić information content (AvgIpc) is 3.52. The first-order chi connectivity index (χ1) is 16.7. The van der Waals surface area contributed by atoms with Crippen molar-refractivity contribution in [1.29, 1.82) is 0 Å². The van der Waals surface area contributed by atoms with Crippen molar-refractivity contribution in [3.8, 4) is 17.0 Å². The third-order valence-electron chi connectivity index (χ3n) is 7.04. The van der Waals surface area contributed by atoms with Crippen LogP contribution in [0.4, 0.5) is 0 Å². The highest BCUT2D eigenvalue weighted by Gasteiger charge is 2.22. The molecule has 0 bridgehead atoms. The van der Waals surface area contributed by atoms with Crippen molar-refractivity contribution in [2.24, 2.45) is 0 Å². The van der Waals surface area contributed by atoms with E-state index >= 15 is 0 Å². The number of benzene rings is 6. The first-order valence-corrected chi connectivity index (χ1v) is 11.0. The second-order valence-corrected chi connectivity index (χ2v) is 8.68. The molecule has 8 rings (SSSR count). The fraction of sp³-hybridized carbons (Fsp3) is 0. The van der Waals surface area contributed by atoms with E-state index in [-0.39, 0.29) is 11.2 Å². The van der Waals surface area contributed by atoms with E-state index in [9.17, 15) is 9.90 Å². The number of aromatic hydroxyl groups is 1. The number of aromatic nitrogens is 4. The molecule has 2 heterocycles. The zero-order chi connectivity index (χ0) is 22.6. The van der Waals surface area contributed by atoms with Gasteiger partial charge in [-0.15, -0.1) is 10.2 Å². The average molecular weight is 438 g/mol. The van der Waals surface area contributed by atoms with Crippen molar-refractivity contribution in [2.45, 2.75) is 0 Å². The molecule has 0 saturated heterocycles. The van der Waals surface area contributed by atoms with Crippen molar-refractivity contribution in [1.82, 2.24) is 20.4 Å². The molecule has 6 heteroatoms. The normalized spacial score (nSPS) is 13.4. The summed E-state index contributed by atoms with van der Waals surface area (Å²) in [7, 11) is 0. The molecule has 1 aliphatic carbocycles. The van der Waals surface area contributed by atoms with Crippen LogP contribution in [-0.2, 0) is 0 Å². The molecule has 2 N–H and O–H groups in total. The van der Waals surface area contributed by atoms with Crippen LogP contribution in [0, 0.1) is 10.4 Å². The Balaban J connectivity index is 1.61. The van der Waals surface area contributed by atoms with E-state index in [1.54, 1.807) is 0 Å². The van der Waals surface area contributed by atoms with E-state index in [0.29, 0.717) is 16.3 Å². The number of phenolic OH excluding ortho intramolecular Hbond substituents is 1. The predicted molar refractivity (Wildman–Crippen MR) is 133 cm³/mol. The van der Waals surface area contributed by atoms with E-state index in [2.05, 4.69) is 20.4 Å². The maximum absolute atomic E-state index is 13.2. The molecule has 6 aromatic rings. The third kappa shape index (κ3) is 1.97. The number of hydrogen-bond donors (Lipinski definition) is 2. The van der Waals surface area contributed by atoms with Crippen LogP contribution in [0.3, 0.4) is 0 Å². The third-order valence-corrected chi connectivity index (χ3v) is 7.04. The number of nitrogens with zero attached hydrogens (tertiary/aromatic N) is 3. The first-order valence-electron chi connectivity index (χ1n) is 11.0. The molecule has 2 aliphatic rings. The first kappa shape index (κ1) is 17.7. The Bertz CT molecular complexity index is 2220. The summed E-state index contributed by atoms with van der Waals surface area (Å²) >= 11 is 0. The van der Waals surface area contributed by atoms with E-state index in [0.717, 1.165) is 59.7 Å². The van der Waals surface area contributed by atoms with Crippen LogP contribution in [0.5, 0.6) is 5.75 Å². The molecule has 158 valence electrons. The molecule has 0 atom stereocenters. The lowest BCUT2D eigenvalue weighted by molar-refractivity contribution is 0.488. The van der Waals surface area contributed by atoms with Crippen molar-refractivity contribution in [3.63, 3.8) is 0 Å². The van der Waals surface area contributed by atoms with Gasteiger partial charge in [-0.1, -0.05) is 60.7 Å². The largest absolute Gasteiger partial charge is 0.507 e. The summed E-state index contributed by atoms with van der Waals surface area (Å²) in [5.74, 6) is 0.244. The van der Waals surface area contributed by atoms with Crippen molar-refractivity contribution in [2.75, 3.05) is 0 Å². The van der Waals surface area contributed by atoms with Gasteiger partial charge in [0.15, 0.2) is 5.43 Å². The highest BCUT2D eigenvalue weighted by atomic mass is 16.3. The van der Waals surface area contributed by atoms with E-state index in [1.807, 2.05) is 72.8 Å². The Morgan fingerprint density at radius 1 is 0.647 bits per heavy atom. The maximum Gasteiger partial charge on any atom is 0.194 e. The molecule has 1 aliphatic heterocycles. The van der Waals surface area contributed by atoms with Crippen LogP contribution in [0.15, 0.2) is 77.6 Å². The number of aromatic amines is 1. The van der Waals surface area contributed by atoms with E-state index in [1.165, 1.54) is 0 Å². The maximum atomic E-state index is 13.2. The minimum atomic E-state index is -0.00990. The summed E-state index contributed by atoms with van der Waals surface area (Å²) in [5, 5.41) is 35.0. The van der Waals surface area contributed by atoms with Gasteiger partial charge < -0.3 is 5.11 Å². The summed E-state index contributed by atoms with van der Waals surface area (Å²) in [6.07, 6.45) is 0. The number of rotatable bonds is 0. The fourth-order valence-corrected chi connectivity index (χ4v) is 5.50. The van der Waals surface area contributed by atoms with Gasteiger partial charge in [0.1, 0.15) is 22.5 Å².